The van der Waals surface area contributed by atoms with Crippen LogP contribution in [-0.2, 0) is 27.2 Å². The Bertz CT molecular complexity index is 719. The van der Waals surface area contributed by atoms with E-state index in [4.69, 9.17) is 9.47 Å². The predicted octanol–water partition coefficient (Wildman–Crippen LogP) is 2.77. The molecule has 25 heavy (non-hydrogen) atoms. The van der Waals surface area contributed by atoms with Crippen LogP contribution in [0, 0.1) is 5.82 Å². The molecule has 0 fully saturated rings. The summed E-state index contributed by atoms with van der Waals surface area (Å²) in [6.07, 6.45) is 1.55. The number of halogens is 1. The number of aromatic nitrogens is 2. The number of nitrogens with one attached hydrogen (secondary N) is 1. The molecular weight excluding hydrogens is 329 g/mol. The predicted molar refractivity (Wildman–Crippen MR) is 88.5 cm³/mol. The van der Waals surface area contributed by atoms with Crippen LogP contribution in [0.1, 0.15) is 19.4 Å². The van der Waals surface area contributed by atoms with Gasteiger partial charge < -0.3 is 9.47 Å². The van der Waals surface area contributed by atoms with Crippen molar-refractivity contribution < 1.29 is 23.5 Å². The molecule has 1 atom stereocenters. The molecule has 1 amide bonds. The zero-order valence-electron chi connectivity index (χ0n) is 14.1. The van der Waals surface area contributed by atoms with Gasteiger partial charge in [-0.2, -0.15) is 5.10 Å². The number of esters is 1. The minimum absolute atomic E-state index is 0.00282. The van der Waals surface area contributed by atoms with E-state index in [2.05, 4.69) is 10.4 Å². The highest BCUT2D eigenvalue weighted by molar-refractivity contribution is 5.88. The second kappa shape index (κ2) is 8.81. The average Bonchev–Trinajstić information content (AvgIpc) is 3.09. The lowest BCUT2D eigenvalue weighted by Crippen LogP contribution is -2.35. The number of carbonyl (C=O) groups excluding carboxylic acids is 2. The van der Waals surface area contributed by atoms with Crippen LogP contribution in [0.2, 0.25) is 0 Å². The lowest BCUT2D eigenvalue weighted by atomic mass is 10.1. The van der Waals surface area contributed by atoms with Gasteiger partial charge in [-0.15, -0.1) is 0 Å². The summed E-state index contributed by atoms with van der Waals surface area (Å²) in [5, 5.41) is 6.33. The van der Waals surface area contributed by atoms with Gasteiger partial charge in [0.25, 0.3) is 0 Å². The molecule has 1 heterocycles. The first kappa shape index (κ1) is 18.4. The minimum atomic E-state index is -1.20. The number of rotatable bonds is 7. The molecule has 0 spiro atoms. The van der Waals surface area contributed by atoms with Crippen LogP contribution in [0.25, 0.3) is 0 Å². The van der Waals surface area contributed by atoms with Crippen molar-refractivity contribution in [3.63, 3.8) is 0 Å². The Morgan fingerprint density at radius 2 is 2.12 bits per heavy atom. The van der Waals surface area contributed by atoms with Gasteiger partial charge in [-0.1, -0.05) is 19.1 Å². The number of aryl methyl sites for hydroxylation is 1. The quantitative estimate of drug-likeness (QED) is 0.777. The lowest BCUT2D eigenvalue weighted by Gasteiger charge is -2.18. The number of nitrogens with zero attached hydrogens (tertiary/aromatic N) is 2. The highest BCUT2D eigenvalue weighted by Gasteiger charge is 2.26. The Balaban J connectivity index is 2.10. The van der Waals surface area contributed by atoms with E-state index >= 15 is 0 Å². The molecule has 1 aromatic heterocycles. The zero-order valence-corrected chi connectivity index (χ0v) is 14.1. The molecular formula is C17H20FN3O4. The molecule has 1 unspecified atom stereocenters. The maximum Gasteiger partial charge on any atom is 0.412 e. The Morgan fingerprint density at radius 3 is 2.76 bits per heavy atom. The Morgan fingerprint density at radius 1 is 1.32 bits per heavy atom. The zero-order chi connectivity index (χ0) is 18.2. The normalized spacial score (nSPS) is 11.6. The van der Waals surface area contributed by atoms with Crippen LogP contribution in [0.4, 0.5) is 14.9 Å². The fourth-order valence-corrected chi connectivity index (χ4v) is 2.24. The molecule has 0 bridgehead atoms. The fourth-order valence-electron chi connectivity index (χ4n) is 2.24. The van der Waals surface area contributed by atoms with E-state index in [1.807, 2.05) is 6.92 Å². The summed E-state index contributed by atoms with van der Waals surface area (Å²) < 4.78 is 25.4. The molecule has 0 saturated heterocycles. The first-order valence-electron chi connectivity index (χ1n) is 7.94. The van der Waals surface area contributed by atoms with Gasteiger partial charge in [-0.3, -0.25) is 10.00 Å². The van der Waals surface area contributed by atoms with Gasteiger partial charge >= 0.3 is 12.1 Å². The van der Waals surface area contributed by atoms with Crippen molar-refractivity contribution in [3.8, 4) is 0 Å². The smallest absolute Gasteiger partial charge is 0.412 e. The second-order valence-electron chi connectivity index (χ2n) is 5.13. The van der Waals surface area contributed by atoms with Gasteiger partial charge in [-0.05, 0) is 31.0 Å². The molecule has 0 radical (unpaired) electrons. The fraction of sp³-hybridized carbons (Fsp3) is 0.353. The van der Waals surface area contributed by atoms with Crippen molar-refractivity contribution in [1.82, 2.24) is 9.78 Å². The van der Waals surface area contributed by atoms with Crippen LogP contribution in [-0.4, -0.2) is 34.6 Å². The summed E-state index contributed by atoms with van der Waals surface area (Å²) >= 11 is 0. The number of ether oxygens (including phenoxy) is 2. The van der Waals surface area contributed by atoms with Crippen LogP contribution in [0.5, 0.6) is 0 Å². The monoisotopic (exact) mass is 349 g/mol. The van der Waals surface area contributed by atoms with Crippen molar-refractivity contribution in [2.45, 2.75) is 32.9 Å². The number of amides is 1. The van der Waals surface area contributed by atoms with E-state index in [1.54, 1.807) is 31.3 Å². The standard InChI is InChI=1S/C17H20FN3O4/c1-3-12-7-5-8-13(18)15(12)20-17(23)25-14(16(22)24-4-2)11-21-10-6-9-19-21/h5-10,14H,3-4,11H2,1-2H3,(H,20,23). The van der Waals surface area contributed by atoms with Crippen molar-refractivity contribution in [2.24, 2.45) is 0 Å². The van der Waals surface area contributed by atoms with Gasteiger partial charge in [0, 0.05) is 12.4 Å². The molecule has 2 rings (SSSR count). The first-order valence-corrected chi connectivity index (χ1v) is 7.94. The number of hydrogen-bond acceptors (Lipinski definition) is 5. The maximum absolute atomic E-state index is 13.9. The average molecular weight is 349 g/mol. The molecule has 1 N–H and O–H groups in total. The summed E-state index contributed by atoms with van der Waals surface area (Å²) in [5.74, 6) is -1.27. The largest absolute Gasteiger partial charge is 0.463 e. The molecule has 0 aliphatic heterocycles. The molecule has 0 aliphatic carbocycles. The lowest BCUT2D eigenvalue weighted by molar-refractivity contribution is -0.153. The van der Waals surface area contributed by atoms with E-state index in [-0.39, 0.29) is 18.8 Å². The SMILES string of the molecule is CCOC(=O)C(Cn1cccn1)OC(=O)Nc1c(F)cccc1CC. The van der Waals surface area contributed by atoms with Crippen molar-refractivity contribution in [3.05, 3.63) is 48.0 Å². The molecule has 1 aromatic carbocycles. The number of carbonyl (C=O) groups is 2. The van der Waals surface area contributed by atoms with Gasteiger partial charge in [0.2, 0.25) is 6.10 Å². The third-order valence-corrected chi connectivity index (χ3v) is 3.42. The molecule has 7 nitrogen and oxygen atoms in total. The van der Waals surface area contributed by atoms with Crippen molar-refractivity contribution in [1.29, 1.82) is 0 Å². The third kappa shape index (κ3) is 5.03. The van der Waals surface area contributed by atoms with E-state index in [9.17, 15) is 14.0 Å². The summed E-state index contributed by atoms with van der Waals surface area (Å²) in [5.41, 5.74) is 0.661. The van der Waals surface area contributed by atoms with Gasteiger partial charge in [0.1, 0.15) is 5.82 Å². The van der Waals surface area contributed by atoms with Crippen molar-refractivity contribution >= 4 is 17.7 Å². The highest BCUT2D eigenvalue weighted by Crippen LogP contribution is 2.20. The number of anilines is 1. The molecule has 2 aromatic rings. The summed E-state index contributed by atoms with van der Waals surface area (Å²) in [7, 11) is 0. The number of benzene rings is 1. The van der Waals surface area contributed by atoms with E-state index in [1.165, 1.54) is 16.9 Å². The molecule has 134 valence electrons. The van der Waals surface area contributed by atoms with E-state index in [0.717, 1.165) is 0 Å². The summed E-state index contributed by atoms with van der Waals surface area (Å²) in [6.45, 7) is 3.63. The first-order chi connectivity index (χ1) is 12.0. The van der Waals surface area contributed by atoms with E-state index in [0.29, 0.717) is 12.0 Å². The van der Waals surface area contributed by atoms with Crippen LogP contribution < -0.4 is 5.32 Å². The van der Waals surface area contributed by atoms with Crippen LogP contribution in [0.15, 0.2) is 36.7 Å². The van der Waals surface area contributed by atoms with Gasteiger partial charge in [0.15, 0.2) is 0 Å². The van der Waals surface area contributed by atoms with Crippen molar-refractivity contribution in [2.75, 3.05) is 11.9 Å². The summed E-state index contributed by atoms with van der Waals surface area (Å²) in [4.78, 5) is 24.1. The van der Waals surface area contributed by atoms with E-state index < -0.39 is 24.0 Å². The second-order valence-corrected chi connectivity index (χ2v) is 5.13. The molecule has 8 heteroatoms. The number of para-hydroxylation sites is 1. The topological polar surface area (TPSA) is 82.5 Å². The third-order valence-electron chi connectivity index (χ3n) is 3.42. The molecule has 0 aliphatic rings. The van der Waals surface area contributed by atoms with Gasteiger partial charge in [-0.25, -0.2) is 14.0 Å². The Kier molecular flexibility index (Phi) is 6.50. The minimum Gasteiger partial charge on any atom is -0.463 e. The Labute approximate surface area is 144 Å². The van der Waals surface area contributed by atoms with Gasteiger partial charge in [0.05, 0.1) is 18.8 Å². The maximum atomic E-state index is 13.9. The molecule has 0 saturated carbocycles. The van der Waals surface area contributed by atoms with Crippen LogP contribution in [0.3, 0.4) is 0 Å². The number of hydrogen-bond donors (Lipinski definition) is 1. The van der Waals surface area contributed by atoms with Crippen LogP contribution >= 0.6 is 0 Å². The highest BCUT2D eigenvalue weighted by atomic mass is 19.1. The Hall–Kier alpha value is -2.90. The summed E-state index contributed by atoms with van der Waals surface area (Å²) in [6, 6.07) is 6.17.